The summed E-state index contributed by atoms with van der Waals surface area (Å²) in [6.45, 7) is 2.75. The van der Waals surface area contributed by atoms with Crippen molar-refractivity contribution in [3.8, 4) is 0 Å². The maximum Gasteiger partial charge on any atom is 0.244 e. The Morgan fingerprint density at radius 3 is 2.68 bits per heavy atom. The normalized spacial score (nSPS) is 17.2. The van der Waals surface area contributed by atoms with Gasteiger partial charge in [0.1, 0.15) is 16.4 Å². The molecule has 0 aliphatic heterocycles. The second-order valence-corrected chi connectivity index (χ2v) is 6.90. The lowest BCUT2D eigenvalue weighted by Gasteiger charge is -2.10. The van der Waals surface area contributed by atoms with E-state index in [0.717, 1.165) is 12.8 Å². The number of furan rings is 1. The molecular weight excluding hydrogens is 264 g/mol. The van der Waals surface area contributed by atoms with E-state index in [1.807, 2.05) is 0 Å². The summed E-state index contributed by atoms with van der Waals surface area (Å²) in [6, 6.07) is 1.60. The van der Waals surface area contributed by atoms with Gasteiger partial charge in [-0.2, -0.15) is 0 Å². The first-order chi connectivity index (χ1) is 9.03. The van der Waals surface area contributed by atoms with Crippen LogP contribution in [0.4, 0.5) is 0 Å². The number of hydrogen-bond acceptors (Lipinski definition) is 4. The van der Waals surface area contributed by atoms with Crippen LogP contribution in [0.1, 0.15) is 37.2 Å². The maximum absolute atomic E-state index is 12.2. The number of aryl methyl sites for hydroxylation is 1. The van der Waals surface area contributed by atoms with Gasteiger partial charge in [-0.1, -0.05) is 12.8 Å². The molecule has 1 heterocycles. The molecule has 1 aliphatic rings. The van der Waals surface area contributed by atoms with Gasteiger partial charge in [0.05, 0.1) is 6.54 Å². The average molecular weight is 286 g/mol. The highest BCUT2D eigenvalue weighted by atomic mass is 32.2. The Hall–Kier alpha value is -0.850. The molecule has 108 valence electrons. The minimum absolute atomic E-state index is 0.260. The van der Waals surface area contributed by atoms with Crippen LogP contribution in [0.3, 0.4) is 0 Å². The van der Waals surface area contributed by atoms with Crippen molar-refractivity contribution >= 4 is 10.0 Å². The Labute approximate surface area is 114 Å². The van der Waals surface area contributed by atoms with E-state index in [4.69, 9.17) is 4.42 Å². The Kier molecular flexibility index (Phi) is 4.65. The fraction of sp³-hybridized carbons (Fsp3) is 0.692. The predicted molar refractivity (Wildman–Crippen MR) is 73.4 cm³/mol. The standard InChI is InChI=1S/C13H22N2O3S/c1-10-13(7-12(18-10)9-14-2)19(16,17)15-8-11-5-3-4-6-11/h7,11,14-15H,3-6,8-9H2,1-2H3. The highest BCUT2D eigenvalue weighted by Gasteiger charge is 2.23. The van der Waals surface area contributed by atoms with Crippen LogP contribution < -0.4 is 10.0 Å². The summed E-state index contributed by atoms with van der Waals surface area (Å²) in [5, 5.41) is 2.94. The summed E-state index contributed by atoms with van der Waals surface area (Å²) in [4.78, 5) is 0.260. The van der Waals surface area contributed by atoms with Gasteiger partial charge in [0.25, 0.3) is 0 Å². The molecule has 0 atom stereocenters. The van der Waals surface area contributed by atoms with Gasteiger partial charge in [-0.05, 0) is 32.7 Å². The van der Waals surface area contributed by atoms with Crippen LogP contribution in [0.25, 0.3) is 0 Å². The van der Waals surface area contributed by atoms with Crippen molar-refractivity contribution in [2.45, 2.75) is 44.0 Å². The third kappa shape index (κ3) is 3.58. The van der Waals surface area contributed by atoms with Crippen LogP contribution in [-0.2, 0) is 16.6 Å². The van der Waals surface area contributed by atoms with Gasteiger partial charge in [-0.3, -0.25) is 0 Å². The molecule has 2 rings (SSSR count). The molecule has 1 fully saturated rings. The first kappa shape index (κ1) is 14.6. The zero-order chi connectivity index (χ0) is 13.9. The monoisotopic (exact) mass is 286 g/mol. The van der Waals surface area contributed by atoms with E-state index >= 15 is 0 Å². The van der Waals surface area contributed by atoms with Crippen molar-refractivity contribution in [3.63, 3.8) is 0 Å². The predicted octanol–water partition coefficient (Wildman–Crippen LogP) is 1.78. The lowest BCUT2D eigenvalue weighted by molar-refractivity contribution is 0.465. The molecule has 0 saturated heterocycles. The Morgan fingerprint density at radius 2 is 2.05 bits per heavy atom. The van der Waals surface area contributed by atoms with Gasteiger partial charge >= 0.3 is 0 Å². The van der Waals surface area contributed by atoms with Crippen LogP contribution >= 0.6 is 0 Å². The summed E-state index contributed by atoms with van der Waals surface area (Å²) in [6.07, 6.45) is 4.67. The van der Waals surface area contributed by atoms with Crippen molar-refractivity contribution in [1.29, 1.82) is 0 Å². The minimum atomic E-state index is -3.45. The van der Waals surface area contributed by atoms with Gasteiger partial charge in [0.2, 0.25) is 10.0 Å². The molecule has 1 aromatic rings. The molecule has 0 radical (unpaired) electrons. The molecule has 19 heavy (non-hydrogen) atoms. The summed E-state index contributed by atoms with van der Waals surface area (Å²) < 4.78 is 32.6. The van der Waals surface area contributed by atoms with E-state index in [0.29, 0.717) is 30.5 Å². The SMILES string of the molecule is CNCc1cc(S(=O)(=O)NCC2CCCC2)c(C)o1. The first-order valence-electron chi connectivity index (χ1n) is 6.76. The van der Waals surface area contributed by atoms with Gasteiger partial charge < -0.3 is 9.73 Å². The van der Waals surface area contributed by atoms with Crippen molar-refractivity contribution in [3.05, 3.63) is 17.6 Å². The van der Waals surface area contributed by atoms with E-state index in [2.05, 4.69) is 10.0 Å². The number of sulfonamides is 1. The molecule has 5 nitrogen and oxygen atoms in total. The van der Waals surface area contributed by atoms with E-state index in [1.165, 1.54) is 12.8 Å². The molecule has 0 unspecified atom stereocenters. The highest BCUT2D eigenvalue weighted by molar-refractivity contribution is 7.89. The summed E-state index contributed by atoms with van der Waals surface area (Å²) in [5.74, 6) is 1.57. The van der Waals surface area contributed by atoms with Crippen LogP contribution in [0.15, 0.2) is 15.4 Å². The summed E-state index contributed by atoms with van der Waals surface area (Å²) in [5.41, 5.74) is 0. The molecule has 2 N–H and O–H groups in total. The molecule has 1 saturated carbocycles. The maximum atomic E-state index is 12.2. The average Bonchev–Trinajstić information content (AvgIpc) is 2.97. The van der Waals surface area contributed by atoms with Gasteiger partial charge in [-0.25, -0.2) is 13.1 Å². The number of rotatable bonds is 6. The third-order valence-corrected chi connectivity index (χ3v) is 5.13. The lowest BCUT2D eigenvalue weighted by Crippen LogP contribution is -2.28. The minimum Gasteiger partial charge on any atom is -0.464 e. The van der Waals surface area contributed by atoms with Gasteiger partial charge in [-0.15, -0.1) is 0 Å². The van der Waals surface area contributed by atoms with Crippen LogP contribution in [0.2, 0.25) is 0 Å². The molecule has 0 bridgehead atoms. The van der Waals surface area contributed by atoms with Gasteiger partial charge in [0, 0.05) is 12.6 Å². The largest absolute Gasteiger partial charge is 0.464 e. The zero-order valence-electron chi connectivity index (χ0n) is 11.5. The molecule has 0 spiro atoms. The molecule has 0 amide bonds. The van der Waals surface area contributed by atoms with Crippen molar-refractivity contribution in [1.82, 2.24) is 10.0 Å². The zero-order valence-corrected chi connectivity index (χ0v) is 12.3. The molecule has 0 aromatic carbocycles. The first-order valence-corrected chi connectivity index (χ1v) is 8.25. The van der Waals surface area contributed by atoms with E-state index in [1.54, 1.807) is 20.0 Å². The quantitative estimate of drug-likeness (QED) is 0.836. The number of hydrogen-bond donors (Lipinski definition) is 2. The Morgan fingerprint density at radius 1 is 1.37 bits per heavy atom. The highest BCUT2D eigenvalue weighted by Crippen LogP contribution is 2.25. The second kappa shape index (κ2) is 6.07. The van der Waals surface area contributed by atoms with Crippen LogP contribution in [0.5, 0.6) is 0 Å². The van der Waals surface area contributed by atoms with Crippen molar-refractivity contribution in [2.24, 2.45) is 5.92 Å². The van der Waals surface area contributed by atoms with Gasteiger partial charge in [0.15, 0.2) is 0 Å². The molecule has 6 heteroatoms. The second-order valence-electron chi connectivity index (χ2n) is 5.17. The fourth-order valence-electron chi connectivity index (χ4n) is 2.57. The Balaban J connectivity index is 2.05. The Bertz CT molecular complexity index is 516. The number of nitrogens with one attached hydrogen (secondary N) is 2. The topological polar surface area (TPSA) is 71.3 Å². The lowest BCUT2D eigenvalue weighted by atomic mass is 10.1. The summed E-state index contributed by atoms with van der Waals surface area (Å²) >= 11 is 0. The van der Waals surface area contributed by atoms with Crippen LogP contribution in [-0.4, -0.2) is 22.0 Å². The third-order valence-electron chi connectivity index (χ3n) is 3.60. The van der Waals surface area contributed by atoms with E-state index in [9.17, 15) is 8.42 Å². The van der Waals surface area contributed by atoms with Crippen molar-refractivity contribution in [2.75, 3.05) is 13.6 Å². The fourth-order valence-corrected chi connectivity index (χ4v) is 3.89. The molecular formula is C13H22N2O3S. The van der Waals surface area contributed by atoms with Crippen molar-refractivity contribution < 1.29 is 12.8 Å². The smallest absolute Gasteiger partial charge is 0.244 e. The molecule has 1 aromatic heterocycles. The van der Waals surface area contributed by atoms with Crippen LogP contribution in [0, 0.1) is 12.8 Å². The molecule has 1 aliphatic carbocycles. The summed E-state index contributed by atoms with van der Waals surface area (Å²) in [7, 11) is -1.65. The van der Waals surface area contributed by atoms with E-state index in [-0.39, 0.29) is 4.90 Å². The van der Waals surface area contributed by atoms with E-state index < -0.39 is 10.0 Å².